The summed E-state index contributed by atoms with van der Waals surface area (Å²) in [4.78, 5) is 25.2. The molecule has 6 nitrogen and oxygen atoms in total. The molecule has 21 heavy (non-hydrogen) atoms. The van der Waals surface area contributed by atoms with Gasteiger partial charge in [0.1, 0.15) is 11.8 Å². The Morgan fingerprint density at radius 3 is 2.86 bits per heavy atom. The molecule has 1 aliphatic rings. The Bertz CT molecular complexity index is 473. The van der Waals surface area contributed by atoms with E-state index in [0.717, 1.165) is 12.8 Å². The number of carbonyl (C=O) groups is 2. The lowest BCUT2D eigenvalue weighted by Crippen LogP contribution is -2.48. The Balaban J connectivity index is 1.95. The summed E-state index contributed by atoms with van der Waals surface area (Å²) in [6.07, 6.45) is 5.81. The normalized spacial score (nSPS) is 15.5. The molecule has 1 saturated carbocycles. The SMILES string of the molecule is CSCC[C@@H](NC(=O)N(Cc1ccco1)C1CC1)C(=O)O. The maximum atomic E-state index is 12.3. The molecule has 0 bridgehead atoms. The number of urea groups is 1. The minimum Gasteiger partial charge on any atom is -0.480 e. The Labute approximate surface area is 127 Å². The second-order valence-electron chi connectivity index (χ2n) is 5.06. The van der Waals surface area contributed by atoms with E-state index in [-0.39, 0.29) is 12.1 Å². The molecule has 0 spiro atoms. The second kappa shape index (κ2) is 7.40. The number of aliphatic carboxylic acids is 1. The van der Waals surface area contributed by atoms with Crippen molar-refractivity contribution >= 4 is 23.8 Å². The molecule has 1 atom stereocenters. The number of rotatable bonds is 8. The van der Waals surface area contributed by atoms with Gasteiger partial charge in [0.05, 0.1) is 12.8 Å². The van der Waals surface area contributed by atoms with Crippen molar-refractivity contribution in [3.05, 3.63) is 24.2 Å². The minimum atomic E-state index is -0.994. The molecule has 0 radical (unpaired) electrons. The first-order valence-corrected chi connectivity index (χ1v) is 8.32. The molecule has 1 fully saturated rings. The molecular formula is C14H20N2O4S. The van der Waals surface area contributed by atoms with Crippen LogP contribution in [0.3, 0.4) is 0 Å². The van der Waals surface area contributed by atoms with Crippen LogP contribution in [0.2, 0.25) is 0 Å². The van der Waals surface area contributed by atoms with Crippen molar-refractivity contribution in [2.45, 2.75) is 37.9 Å². The fourth-order valence-electron chi connectivity index (χ4n) is 2.05. The van der Waals surface area contributed by atoms with Crippen molar-refractivity contribution in [2.75, 3.05) is 12.0 Å². The first kappa shape index (κ1) is 15.8. The molecule has 1 aromatic heterocycles. The molecule has 116 valence electrons. The van der Waals surface area contributed by atoms with Gasteiger partial charge in [0.15, 0.2) is 0 Å². The van der Waals surface area contributed by atoms with Gasteiger partial charge in [-0.1, -0.05) is 0 Å². The lowest BCUT2D eigenvalue weighted by atomic mass is 10.2. The highest BCUT2D eigenvalue weighted by Gasteiger charge is 2.34. The van der Waals surface area contributed by atoms with Gasteiger partial charge in [-0.05, 0) is 43.4 Å². The third-order valence-electron chi connectivity index (χ3n) is 3.36. The van der Waals surface area contributed by atoms with Crippen LogP contribution >= 0.6 is 11.8 Å². The van der Waals surface area contributed by atoms with Gasteiger partial charge in [0.25, 0.3) is 0 Å². The monoisotopic (exact) mass is 312 g/mol. The predicted octanol–water partition coefficient (Wildman–Crippen LogP) is 2.16. The van der Waals surface area contributed by atoms with Gasteiger partial charge in [0, 0.05) is 6.04 Å². The van der Waals surface area contributed by atoms with E-state index in [2.05, 4.69) is 5.32 Å². The Morgan fingerprint density at radius 2 is 2.33 bits per heavy atom. The Morgan fingerprint density at radius 1 is 1.57 bits per heavy atom. The summed E-state index contributed by atoms with van der Waals surface area (Å²) in [5, 5.41) is 11.8. The maximum absolute atomic E-state index is 12.3. The van der Waals surface area contributed by atoms with Crippen LogP contribution in [0.1, 0.15) is 25.0 Å². The molecule has 0 aromatic carbocycles. The smallest absolute Gasteiger partial charge is 0.326 e. The Kier molecular flexibility index (Phi) is 5.55. The molecule has 0 aliphatic heterocycles. The molecule has 0 unspecified atom stereocenters. The van der Waals surface area contributed by atoms with Gasteiger partial charge in [-0.15, -0.1) is 0 Å². The molecule has 1 aliphatic carbocycles. The van der Waals surface area contributed by atoms with Crippen LogP contribution in [0.4, 0.5) is 4.79 Å². The third kappa shape index (κ3) is 4.70. The number of nitrogens with zero attached hydrogens (tertiary/aromatic N) is 1. The largest absolute Gasteiger partial charge is 0.480 e. The zero-order chi connectivity index (χ0) is 15.2. The molecule has 2 rings (SSSR count). The van der Waals surface area contributed by atoms with Crippen molar-refractivity contribution < 1.29 is 19.1 Å². The summed E-state index contributed by atoms with van der Waals surface area (Å²) in [7, 11) is 0. The van der Waals surface area contributed by atoms with Crippen molar-refractivity contribution in [3.8, 4) is 0 Å². The van der Waals surface area contributed by atoms with Crippen LogP contribution in [0.5, 0.6) is 0 Å². The van der Waals surface area contributed by atoms with Gasteiger partial charge in [-0.3, -0.25) is 0 Å². The quantitative estimate of drug-likeness (QED) is 0.768. The van der Waals surface area contributed by atoms with E-state index in [4.69, 9.17) is 4.42 Å². The lowest BCUT2D eigenvalue weighted by Gasteiger charge is -2.24. The highest BCUT2D eigenvalue weighted by Crippen LogP contribution is 2.28. The standard InChI is InChI=1S/C14H20N2O4S/c1-21-8-6-12(13(17)18)15-14(19)16(10-4-5-10)9-11-3-2-7-20-11/h2-3,7,10,12H,4-6,8-9H2,1H3,(H,15,19)(H,17,18)/t12-/m1/s1. The highest BCUT2D eigenvalue weighted by molar-refractivity contribution is 7.98. The van der Waals surface area contributed by atoms with Crippen molar-refractivity contribution in [1.82, 2.24) is 10.2 Å². The van der Waals surface area contributed by atoms with Crippen LogP contribution in [-0.2, 0) is 11.3 Å². The molecular weight excluding hydrogens is 292 g/mol. The second-order valence-corrected chi connectivity index (χ2v) is 6.05. The van der Waals surface area contributed by atoms with Crippen molar-refractivity contribution in [2.24, 2.45) is 0 Å². The number of hydrogen-bond donors (Lipinski definition) is 2. The topological polar surface area (TPSA) is 82.8 Å². The zero-order valence-electron chi connectivity index (χ0n) is 11.9. The van der Waals surface area contributed by atoms with Gasteiger partial charge >= 0.3 is 12.0 Å². The highest BCUT2D eigenvalue weighted by atomic mass is 32.2. The summed E-state index contributed by atoms with van der Waals surface area (Å²) in [6, 6.07) is 2.59. The van der Waals surface area contributed by atoms with Crippen LogP contribution in [0, 0.1) is 0 Å². The maximum Gasteiger partial charge on any atom is 0.326 e. The van der Waals surface area contributed by atoms with Crippen LogP contribution in [0.15, 0.2) is 22.8 Å². The van der Waals surface area contributed by atoms with E-state index in [0.29, 0.717) is 24.5 Å². The van der Waals surface area contributed by atoms with E-state index >= 15 is 0 Å². The van der Waals surface area contributed by atoms with Crippen molar-refractivity contribution in [1.29, 1.82) is 0 Å². The fraction of sp³-hybridized carbons (Fsp3) is 0.571. The van der Waals surface area contributed by atoms with Crippen LogP contribution in [0.25, 0.3) is 0 Å². The van der Waals surface area contributed by atoms with Gasteiger partial charge in [0.2, 0.25) is 0 Å². The van der Waals surface area contributed by atoms with E-state index in [1.165, 1.54) is 0 Å². The van der Waals surface area contributed by atoms with Crippen LogP contribution < -0.4 is 5.32 Å². The summed E-state index contributed by atoms with van der Waals surface area (Å²) in [5.74, 6) is 0.401. The van der Waals surface area contributed by atoms with E-state index in [9.17, 15) is 14.7 Å². The molecule has 2 amide bonds. The Hall–Kier alpha value is -1.63. The average Bonchev–Trinajstić information content (AvgIpc) is 3.16. The molecule has 1 aromatic rings. The first-order chi connectivity index (χ1) is 10.1. The summed E-state index contributed by atoms with van der Waals surface area (Å²) >= 11 is 1.56. The fourth-order valence-corrected chi connectivity index (χ4v) is 2.52. The molecule has 2 N–H and O–H groups in total. The number of furan rings is 1. The average molecular weight is 312 g/mol. The lowest BCUT2D eigenvalue weighted by molar-refractivity contribution is -0.139. The van der Waals surface area contributed by atoms with Crippen molar-refractivity contribution in [3.63, 3.8) is 0 Å². The number of carboxylic acids is 1. The molecule has 0 saturated heterocycles. The number of carboxylic acid groups (broad SMARTS) is 1. The number of carbonyl (C=O) groups excluding carboxylic acids is 1. The number of thioether (sulfide) groups is 1. The van der Waals surface area contributed by atoms with E-state index in [1.807, 2.05) is 12.3 Å². The molecule has 7 heteroatoms. The minimum absolute atomic E-state index is 0.185. The first-order valence-electron chi connectivity index (χ1n) is 6.93. The predicted molar refractivity (Wildman–Crippen MR) is 80.2 cm³/mol. The number of amides is 2. The van der Waals surface area contributed by atoms with E-state index < -0.39 is 12.0 Å². The number of nitrogens with one attached hydrogen (secondary N) is 1. The summed E-state index contributed by atoms with van der Waals surface area (Å²) in [5.41, 5.74) is 0. The van der Waals surface area contributed by atoms with Gasteiger partial charge < -0.3 is 19.7 Å². The summed E-state index contributed by atoms with van der Waals surface area (Å²) < 4.78 is 5.27. The van der Waals surface area contributed by atoms with Gasteiger partial charge in [-0.2, -0.15) is 11.8 Å². The molecule has 1 heterocycles. The van der Waals surface area contributed by atoms with E-state index in [1.54, 1.807) is 29.0 Å². The van der Waals surface area contributed by atoms with Gasteiger partial charge in [-0.25, -0.2) is 9.59 Å². The van der Waals surface area contributed by atoms with Crippen LogP contribution in [-0.4, -0.2) is 46.1 Å². The summed E-state index contributed by atoms with van der Waals surface area (Å²) in [6.45, 7) is 0.373. The third-order valence-corrected chi connectivity index (χ3v) is 4.01. The zero-order valence-corrected chi connectivity index (χ0v) is 12.8. The number of hydrogen-bond acceptors (Lipinski definition) is 4.